The van der Waals surface area contributed by atoms with Crippen molar-refractivity contribution in [3.8, 4) is 5.75 Å². The van der Waals surface area contributed by atoms with Gasteiger partial charge in [-0.3, -0.25) is 14.9 Å². The van der Waals surface area contributed by atoms with Gasteiger partial charge in [0.05, 0.1) is 18.3 Å². The number of benzene rings is 2. The summed E-state index contributed by atoms with van der Waals surface area (Å²) in [4.78, 5) is 28.3. The summed E-state index contributed by atoms with van der Waals surface area (Å²) in [6.07, 6.45) is 1.27. The molecule has 0 aromatic heterocycles. The van der Waals surface area contributed by atoms with Crippen LogP contribution in [0.2, 0.25) is 0 Å². The molecule has 1 atom stereocenters. The highest BCUT2D eigenvalue weighted by Crippen LogP contribution is 2.25. The SMILES string of the molecule is O=C(CC1N=C(N/N=C/c2ccccc2)NC1=O)Nc1ccccc1OC(F)F. The van der Waals surface area contributed by atoms with Crippen LogP contribution in [0.5, 0.6) is 5.75 Å². The zero-order valence-corrected chi connectivity index (χ0v) is 15.0. The van der Waals surface area contributed by atoms with Crippen LogP contribution in [0.1, 0.15) is 12.0 Å². The summed E-state index contributed by atoms with van der Waals surface area (Å²) >= 11 is 0. The van der Waals surface area contributed by atoms with E-state index in [4.69, 9.17) is 0 Å². The quantitative estimate of drug-likeness (QED) is 0.488. The lowest BCUT2D eigenvalue weighted by atomic mass is 10.2. The van der Waals surface area contributed by atoms with E-state index < -0.39 is 24.5 Å². The van der Waals surface area contributed by atoms with Crippen molar-refractivity contribution < 1.29 is 23.1 Å². The van der Waals surface area contributed by atoms with E-state index in [0.717, 1.165) is 5.56 Å². The smallest absolute Gasteiger partial charge is 0.387 e. The van der Waals surface area contributed by atoms with Crippen LogP contribution < -0.4 is 20.8 Å². The van der Waals surface area contributed by atoms with Gasteiger partial charge in [-0.1, -0.05) is 42.5 Å². The minimum atomic E-state index is -3.02. The number of carbonyl (C=O) groups is 2. The zero-order valence-electron chi connectivity index (χ0n) is 15.0. The fourth-order valence-corrected chi connectivity index (χ4v) is 2.49. The van der Waals surface area contributed by atoms with Gasteiger partial charge >= 0.3 is 6.61 Å². The molecular weight excluding hydrogens is 384 g/mol. The average Bonchev–Trinajstić information content (AvgIpc) is 3.03. The number of ether oxygens (including phenoxy) is 1. The molecule has 1 heterocycles. The highest BCUT2D eigenvalue weighted by atomic mass is 19.3. The molecule has 0 bridgehead atoms. The Morgan fingerprint density at radius 2 is 1.93 bits per heavy atom. The molecule has 0 spiro atoms. The molecule has 0 saturated carbocycles. The number of carbonyl (C=O) groups excluding carboxylic acids is 2. The monoisotopic (exact) mass is 401 g/mol. The number of para-hydroxylation sites is 2. The Morgan fingerprint density at radius 3 is 2.69 bits per heavy atom. The highest BCUT2D eigenvalue weighted by molar-refractivity contribution is 6.07. The average molecular weight is 401 g/mol. The Kier molecular flexibility index (Phi) is 6.46. The molecule has 3 N–H and O–H groups in total. The van der Waals surface area contributed by atoms with E-state index >= 15 is 0 Å². The number of amides is 2. The van der Waals surface area contributed by atoms with Gasteiger partial charge in [0, 0.05) is 0 Å². The molecule has 2 amide bonds. The van der Waals surface area contributed by atoms with Crippen LogP contribution in [0.4, 0.5) is 14.5 Å². The summed E-state index contributed by atoms with van der Waals surface area (Å²) in [5.41, 5.74) is 3.52. The Balaban J connectivity index is 1.56. The number of hydrazone groups is 1. The van der Waals surface area contributed by atoms with Crippen LogP contribution in [0.3, 0.4) is 0 Å². The predicted molar refractivity (Wildman–Crippen MR) is 103 cm³/mol. The van der Waals surface area contributed by atoms with Crippen molar-refractivity contribution >= 4 is 29.7 Å². The Labute approximate surface area is 164 Å². The van der Waals surface area contributed by atoms with E-state index in [-0.39, 0.29) is 23.8 Å². The molecule has 0 saturated heterocycles. The van der Waals surface area contributed by atoms with Crippen molar-refractivity contribution in [2.24, 2.45) is 10.1 Å². The number of guanidine groups is 1. The molecule has 150 valence electrons. The molecular formula is C19H17F2N5O3. The second-order valence-corrected chi connectivity index (χ2v) is 5.89. The molecule has 2 aromatic carbocycles. The van der Waals surface area contributed by atoms with E-state index in [9.17, 15) is 18.4 Å². The third-order valence-electron chi connectivity index (χ3n) is 3.77. The predicted octanol–water partition coefficient (Wildman–Crippen LogP) is 2.09. The third-order valence-corrected chi connectivity index (χ3v) is 3.77. The Bertz CT molecular complexity index is 934. The van der Waals surface area contributed by atoms with Crippen LogP contribution in [0.15, 0.2) is 64.7 Å². The van der Waals surface area contributed by atoms with Gasteiger partial charge in [-0.15, -0.1) is 0 Å². The van der Waals surface area contributed by atoms with Gasteiger partial charge in [0.1, 0.15) is 11.8 Å². The molecule has 3 rings (SSSR count). The molecule has 2 aromatic rings. The van der Waals surface area contributed by atoms with Gasteiger partial charge in [0.2, 0.25) is 11.9 Å². The number of alkyl halides is 2. The van der Waals surface area contributed by atoms with E-state index in [1.54, 1.807) is 12.3 Å². The first kappa shape index (κ1) is 19.9. The fraction of sp³-hybridized carbons (Fsp3) is 0.158. The summed E-state index contributed by atoms with van der Waals surface area (Å²) < 4.78 is 29.2. The number of hydrogen-bond donors (Lipinski definition) is 3. The molecule has 1 unspecified atom stereocenters. The highest BCUT2D eigenvalue weighted by Gasteiger charge is 2.28. The molecule has 1 aliphatic heterocycles. The van der Waals surface area contributed by atoms with Crippen molar-refractivity contribution in [2.75, 3.05) is 5.32 Å². The Morgan fingerprint density at radius 1 is 1.21 bits per heavy atom. The zero-order chi connectivity index (χ0) is 20.6. The summed E-state index contributed by atoms with van der Waals surface area (Å²) in [6, 6.07) is 14.1. The lowest BCUT2D eigenvalue weighted by molar-refractivity contribution is -0.123. The standard InChI is InChI=1S/C19H17F2N5O3/c20-18(21)29-15-9-5-4-8-13(15)23-16(27)10-14-17(28)25-19(24-14)26-22-11-12-6-2-1-3-7-12/h1-9,11,14,18H,10H2,(H,23,27)(H2,24,25,26,28)/b22-11+. The second-order valence-electron chi connectivity index (χ2n) is 5.89. The lowest BCUT2D eigenvalue weighted by Gasteiger charge is -2.12. The maximum Gasteiger partial charge on any atom is 0.387 e. The van der Waals surface area contributed by atoms with E-state index in [2.05, 4.69) is 30.9 Å². The summed E-state index contributed by atoms with van der Waals surface area (Å²) in [6.45, 7) is -3.02. The maximum absolute atomic E-state index is 12.4. The first-order valence-electron chi connectivity index (χ1n) is 8.58. The number of nitrogens with one attached hydrogen (secondary N) is 3. The second kappa shape index (κ2) is 9.40. The van der Waals surface area contributed by atoms with Crippen LogP contribution in [-0.4, -0.2) is 36.6 Å². The van der Waals surface area contributed by atoms with Gasteiger partial charge in [0.25, 0.3) is 5.91 Å². The topological polar surface area (TPSA) is 104 Å². The first-order chi connectivity index (χ1) is 14.0. The van der Waals surface area contributed by atoms with Gasteiger partial charge in [0.15, 0.2) is 0 Å². The van der Waals surface area contributed by atoms with E-state index in [1.165, 1.54) is 18.2 Å². The molecule has 29 heavy (non-hydrogen) atoms. The van der Waals surface area contributed by atoms with Gasteiger partial charge in [-0.05, 0) is 17.7 Å². The van der Waals surface area contributed by atoms with Crippen LogP contribution >= 0.6 is 0 Å². The fourth-order valence-electron chi connectivity index (χ4n) is 2.49. The van der Waals surface area contributed by atoms with Gasteiger partial charge in [-0.25, -0.2) is 10.4 Å². The normalized spacial score (nSPS) is 15.9. The van der Waals surface area contributed by atoms with Crippen molar-refractivity contribution in [2.45, 2.75) is 19.1 Å². The number of nitrogens with zero attached hydrogens (tertiary/aromatic N) is 2. The molecule has 1 aliphatic rings. The van der Waals surface area contributed by atoms with E-state index in [1.807, 2.05) is 30.3 Å². The largest absolute Gasteiger partial charge is 0.433 e. The number of anilines is 1. The summed E-state index contributed by atoms with van der Waals surface area (Å²) in [5.74, 6) is -1.11. The van der Waals surface area contributed by atoms with Crippen LogP contribution in [0, 0.1) is 0 Å². The van der Waals surface area contributed by atoms with Crippen molar-refractivity contribution in [1.29, 1.82) is 0 Å². The first-order valence-corrected chi connectivity index (χ1v) is 8.58. The molecule has 0 fully saturated rings. The van der Waals surface area contributed by atoms with Crippen molar-refractivity contribution in [3.05, 3.63) is 60.2 Å². The molecule has 0 radical (unpaired) electrons. The van der Waals surface area contributed by atoms with Crippen LogP contribution in [-0.2, 0) is 9.59 Å². The van der Waals surface area contributed by atoms with Gasteiger partial charge in [-0.2, -0.15) is 13.9 Å². The number of aliphatic imine (C=N–C) groups is 1. The summed E-state index contributed by atoms with van der Waals surface area (Å²) in [7, 11) is 0. The van der Waals surface area contributed by atoms with E-state index in [0.29, 0.717) is 0 Å². The van der Waals surface area contributed by atoms with Crippen LogP contribution in [0.25, 0.3) is 0 Å². The van der Waals surface area contributed by atoms with Crippen molar-refractivity contribution in [1.82, 2.24) is 10.7 Å². The Hall–Kier alpha value is -3.82. The number of rotatable bonds is 7. The summed E-state index contributed by atoms with van der Waals surface area (Å²) in [5, 5.41) is 8.90. The number of hydrogen-bond acceptors (Lipinski definition) is 6. The third kappa shape index (κ3) is 5.83. The van der Waals surface area contributed by atoms with Gasteiger partial charge < -0.3 is 10.1 Å². The minimum Gasteiger partial charge on any atom is -0.433 e. The number of halogens is 2. The molecule has 10 heteroatoms. The lowest BCUT2D eigenvalue weighted by Crippen LogP contribution is -2.35. The molecule has 0 aliphatic carbocycles. The maximum atomic E-state index is 12.4. The minimum absolute atomic E-state index is 0.0750. The molecule has 8 nitrogen and oxygen atoms in total. The van der Waals surface area contributed by atoms with Crippen molar-refractivity contribution in [3.63, 3.8) is 0 Å².